The van der Waals surface area contributed by atoms with Crippen LogP contribution in [-0.4, -0.2) is 23.5 Å². The van der Waals surface area contributed by atoms with Crippen LogP contribution in [0, 0.1) is 0 Å². The van der Waals surface area contributed by atoms with Gasteiger partial charge in [-0.05, 0) is 39.3 Å². The molecular formula is C15H19NO2. The minimum absolute atomic E-state index is 0.0488. The number of aldehydes is 1. The molecule has 1 heterocycles. The zero-order valence-corrected chi connectivity index (χ0v) is 11.3. The Labute approximate surface area is 108 Å². The van der Waals surface area contributed by atoms with Crippen molar-refractivity contribution in [1.29, 1.82) is 0 Å². The third-order valence-electron chi connectivity index (χ3n) is 3.57. The summed E-state index contributed by atoms with van der Waals surface area (Å²) in [5, 5.41) is 9.86. The first-order valence-electron chi connectivity index (χ1n) is 6.20. The van der Waals surface area contributed by atoms with Crippen LogP contribution in [-0.2, 0) is 0 Å². The molecule has 3 nitrogen and oxygen atoms in total. The van der Waals surface area contributed by atoms with Gasteiger partial charge in [-0.2, -0.15) is 0 Å². The molecule has 0 spiro atoms. The highest BCUT2D eigenvalue weighted by Gasteiger charge is 2.30. The van der Waals surface area contributed by atoms with Crippen molar-refractivity contribution in [2.45, 2.75) is 33.2 Å². The van der Waals surface area contributed by atoms with E-state index >= 15 is 0 Å². The van der Waals surface area contributed by atoms with Gasteiger partial charge in [0.15, 0.2) is 6.29 Å². The molecule has 0 saturated carbocycles. The SMILES string of the molecule is CCN1c2cc(O)c(C=O)cc2C(C)=CC1(C)C. The molecule has 0 fully saturated rings. The van der Waals surface area contributed by atoms with Gasteiger partial charge in [-0.3, -0.25) is 4.79 Å². The molecule has 1 aliphatic heterocycles. The highest BCUT2D eigenvalue weighted by molar-refractivity contribution is 5.89. The molecule has 1 aromatic rings. The lowest BCUT2D eigenvalue weighted by molar-refractivity contribution is 0.112. The first kappa shape index (κ1) is 12.7. The first-order chi connectivity index (χ1) is 8.40. The van der Waals surface area contributed by atoms with Crippen LogP contribution in [0.2, 0.25) is 0 Å². The Kier molecular flexibility index (Phi) is 2.93. The summed E-state index contributed by atoms with van der Waals surface area (Å²) in [5.41, 5.74) is 3.42. The number of rotatable bonds is 2. The molecule has 1 N–H and O–H groups in total. The summed E-state index contributed by atoms with van der Waals surface area (Å²) in [4.78, 5) is 13.1. The summed E-state index contributed by atoms with van der Waals surface area (Å²) in [6, 6.07) is 3.46. The molecule has 0 atom stereocenters. The van der Waals surface area contributed by atoms with Crippen LogP contribution in [0.15, 0.2) is 18.2 Å². The van der Waals surface area contributed by atoms with Gasteiger partial charge in [-0.25, -0.2) is 0 Å². The Morgan fingerprint density at radius 3 is 2.61 bits per heavy atom. The molecule has 0 bridgehead atoms. The van der Waals surface area contributed by atoms with Crippen LogP contribution in [0.3, 0.4) is 0 Å². The van der Waals surface area contributed by atoms with Crippen molar-refractivity contribution in [3.63, 3.8) is 0 Å². The number of hydrogen-bond acceptors (Lipinski definition) is 3. The average Bonchev–Trinajstić information content (AvgIpc) is 2.27. The van der Waals surface area contributed by atoms with Crippen LogP contribution < -0.4 is 4.90 Å². The van der Waals surface area contributed by atoms with E-state index in [1.54, 1.807) is 12.1 Å². The zero-order chi connectivity index (χ0) is 13.5. The number of aromatic hydroxyl groups is 1. The molecule has 3 heteroatoms. The minimum atomic E-state index is -0.0824. The second-order valence-electron chi connectivity index (χ2n) is 5.27. The van der Waals surface area contributed by atoms with Crippen molar-refractivity contribution < 1.29 is 9.90 Å². The molecular weight excluding hydrogens is 226 g/mol. The van der Waals surface area contributed by atoms with E-state index < -0.39 is 0 Å². The number of allylic oxidation sites excluding steroid dienone is 1. The normalized spacial score (nSPS) is 17.1. The van der Waals surface area contributed by atoms with E-state index in [9.17, 15) is 9.90 Å². The third-order valence-corrected chi connectivity index (χ3v) is 3.57. The topological polar surface area (TPSA) is 40.5 Å². The van der Waals surface area contributed by atoms with Gasteiger partial charge in [-0.1, -0.05) is 6.08 Å². The average molecular weight is 245 g/mol. The van der Waals surface area contributed by atoms with Crippen molar-refractivity contribution in [2.24, 2.45) is 0 Å². The molecule has 0 unspecified atom stereocenters. The number of nitrogens with zero attached hydrogens (tertiary/aromatic N) is 1. The lowest BCUT2D eigenvalue weighted by Gasteiger charge is -2.42. The predicted molar refractivity (Wildman–Crippen MR) is 74.2 cm³/mol. The van der Waals surface area contributed by atoms with Gasteiger partial charge in [0.1, 0.15) is 5.75 Å². The van der Waals surface area contributed by atoms with E-state index in [0.29, 0.717) is 11.8 Å². The maximum Gasteiger partial charge on any atom is 0.153 e. The van der Waals surface area contributed by atoms with Gasteiger partial charge >= 0.3 is 0 Å². The van der Waals surface area contributed by atoms with Crippen molar-refractivity contribution in [3.05, 3.63) is 29.3 Å². The number of anilines is 1. The molecule has 96 valence electrons. The monoisotopic (exact) mass is 245 g/mol. The highest BCUT2D eigenvalue weighted by Crippen LogP contribution is 2.41. The van der Waals surface area contributed by atoms with E-state index in [4.69, 9.17) is 0 Å². The number of fused-ring (bicyclic) bond motifs is 1. The molecule has 1 aliphatic rings. The number of carbonyl (C=O) groups is 1. The number of phenolic OH excluding ortho intramolecular Hbond substituents is 1. The van der Waals surface area contributed by atoms with Crippen LogP contribution in [0.1, 0.15) is 43.6 Å². The van der Waals surface area contributed by atoms with Crippen molar-refractivity contribution in [3.8, 4) is 5.75 Å². The largest absolute Gasteiger partial charge is 0.507 e. The molecule has 0 saturated heterocycles. The van der Waals surface area contributed by atoms with Gasteiger partial charge in [0.2, 0.25) is 0 Å². The Morgan fingerprint density at radius 2 is 2.06 bits per heavy atom. The maximum absolute atomic E-state index is 10.9. The van der Waals surface area contributed by atoms with Gasteiger partial charge in [0, 0.05) is 23.9 Å². The van der Waals surface area contributed by atoms with Crippen LogP contribution in [0.25, 0.3) is 5.57 Å². The number of hydrogen-bond donors (Lipinski definition) is 1. The molecule has 0 radical (unpaired) electrons. The predicted octanol–water partition coefficient (Wildman–Crippen LogP) is 3.23. The summed E-state index contributed by atoms with van der Waals surface area (Å²) in [6.45, 7) is 9.27. The van der Waals surface area contributed by atoms with Crippen molar-refractivity contribution in [1.82, 2.24) is 0 Å². The van der Waals surface area contributed by atoms with Gasteiger partial charge in [-0.15, -0.1) is 0 Å². The van der Waals surface area contributed by atoms with E-state index in [-0.39, 0.29) is 11.3 Å². The first-order valence-corrected chi connectivity index (χ1v) is 6.20. The summed E-state index contributed by atoms with van der Waals surface area (Å²) >= 11 is 0. The fraction of sp³-hybridized carbons (Fsp3) is 0.400. The van der Waals surface area contributed by atoms with Crippen molar-refractivity contribution >= 4 is 17.5 Å². The molecule has 2 rings (SSSR count). The fourth-order valence-corrected chi connectivity index (χ4v) is 2.80. The van der Waals surface area contributed by atoms with Crippen molar-refractivity contribution in [2.75, 3.05) is 11.4 Å². The zero-order valence-electron chi connectivity index (χ0n) is 11.3. The van der Waals surface area contributed by atoms with Crippen LogP contribution in [0.4, 0.5) is 5.69 Å². The molecule has 0 aliphatic carbocycles. The van der Waals surface area contributed by atoms with E-state index in [2.05, 4.69) is 31.7 Å². The number of benzene rings is 1. The second-order valence-corrected chi connectivity index (χ2v) is 5.27. The molecule has 0 aromatic heterocycles. The number of carbonyl (C=O) groups excluding carboxylic acids is 1. The highest BCUT2D eigenvalue weighted by atomic mass is 16.3. The lowest BCUT2D eigenvalue weighted by Crippen LogP contribution is -2.44. The second kappa shape index (κ2) is 4.16. The Morgan fingerprint density at radius 1 is 1.39 bits per heavy atom. The lowest BCUT2D eigenvalue weighted by atomic mass is 9.88. The summed E-state index contributed by atoms with van der Waals surface area (Å²) < 4.78 is 0. The Bertz CT molecular complexity index is 530. The van der Waals surface area contributed by atoms with Crippen LogP contribution >= 0.6 is 0 Å². The standard InChI is InChI=1S/C15H19NO2/c1-5-16-13-7-14(18)11(9-17)6-12(13)10(2)8-15(16,3)4/h6-9,18H,5H2,1-4H3. The quantitative estimate of drug-likeness (QED) is 0.813. The third kappa shape index (κ3) is 1.80. The fourth-order valence-electron chi connectivity index (χ4n) is 2.80. The minimum Gasteiger partial charge on any atom is -0.507 e. The summed E-state index contributed by atoms with van der Waals surface area (Å²) in [7, 11) is 0. The van der Waals surface area contributed by atoms with E-state index in [1.807, 2.05) is 6.92 Å². The number of likely N-dealkylation sites (N-methyl/N-ethyl adjacent to an activating group) is 1. The van der Waals surface area contributed by atoms with Crippen LogP contribution in [0.5, 0.6) is 5.75 Å². The maximum atomic E-state index is 10.9. The summed E-state index contributed by atoms with van der Waals surface area (Å²) in [5.74, 6) is 0.0488. The van der Waals surface area contributed by atoms with E-state index in [0.717, 1.165) is 23.4 Å². The van der Waals surface area contributed by atoms with E-state index in [1.165, 1.54) is 0 Å². The van der Waals surface area contributed by atoms with Gasteiger partial charge in [0.25, 0.3) is 0 Å². The molecule has 18 heavy (non-hydrogen) atoms. The van der Waals surface area contributed by atoms with Gasteiger partial charge < -0.3 is 10.0 Å². The summed E-state index contributed by atoms with van der Waals surface area (Å²) in [6.07, 6.45) is 2.89. The smallest absolute Gasteiger partial charge is 0.153 e. The Balaban J connectivity index is 2.70. The molecule has 0 amide bonds. The van der Waals surface area contributed by atoms with Gasteiger partial charge in [0.05, 0.1) is 11.1 Å². The molecule has 1 aromatic carbocycles. The Hall–Kier alpha value is -1.77. The number of phenols is 1.